The highest BCUT2D eigenvalue weighted by Crippen LogP contribution is 2.30. The van der Waals surface area contributed by atoms with Crippen LogP contribution < -0.4 is 9.62 Å². The van der Waals surface area contributed by atoms with Crippen molar-refractivity contribution in [3.8, 4) is 0 Å². The third-order valence-electron chi connectivity index (χ3n) is 6.12. The summed E-state index contributed by atoms with van der Waals surface area (Å²) in [4.78, 5) is 28.5. The zero-order chi connectivity index (χ0) is 29.8. The number of benzene rings is 3. The van der Waals surface area contributed by atoms with Crippen LogP contribution in [0.2, 0.25) is 15.1 Å². The van der Waals surface area contributed by atoms with Crippen LogP contribution in [0.15, 0.2) is 71.6 Å². The molecule has 0 aromatic heterocycles. The summed E-state index contributed by atoms with van der Waals surface area (Å²) in [6.45, 7) is 8.12. The third-order valence-corrected chi connectivity index (χ3v) is 8.85. The molecule has 7 nitrogen and oxygen atoms in total. The molecule has 0 fully saturated rings. The number of rotatable bonds is 9. The SMILES string of the molecule is Cc1ccccc1N(CC(=O)N(Cc1c(Cl)cccc1Cl)C(C)C(=O)NC(C)(C)C)S(=O)(=O)c1ccc(Cl)cc1. The van der Waals surface area contributed by atoms with Gasteiger partial charge in [-0.2, -0.15) is 0 Å². The number of carbonyl (C=O) groups excluding carboxylic acids is 2. The quantitative estimate of drug-likeness (QED) is 0.295. The number of aryl methyl sites for hydroxylation is 1. The Labute approximate surface area is 251 Å². The normalized spacial score (nSPS) is 12.5. The highest BCUT2D eigenvalue weighted by Gasteiger charge is 2.34. The van der Waals surface area contributed by atoms with Crippen molar-refractivity contribution in [1.82, 2.24) is 10.2 Å². The van der Waals surface area contributed by atoms with Gasteiger partial charge in [0.25, 0.3) is 10.0 Å². The van der Waals surface area contributed by atoms with Gasteiger partial charge in [0.15, 0.2) is 0 Å². The van der Waals surface area contributed by atoms with Crippen molar-refractivity contribution >= 4 is 62.3 Å². The summed E-state index contributed by atoms with van der Waals surface area (Å²) in [6, 6.07) is 16.5. The number of hydrogen-bond acceptors (Lipinski definition) is 4. The Hall–Kier alpha value is -2.78. The van der Waals surface area contributed by atoms with Gasteiger partial charge in [-0.1, -0.05) is 59.1 Å². The second kappa shape index (κ2) is 12.8. The molecule has 1 N–H and O–H groups in total. The first-order chi connectivity index (χ1) is 18.6. The molecule has 0 saturated carbocycles. The minimum atomic E-state index is -4.21. The fourth-order valence-corrected chi connectivity index (χ4v) is 6.12. The predicted octanol–water partition coefficient (Wildman–Crippen LogP) is 6.48. The summed E-state index contributed by atoms with van der Waals surface area (Å²) in [7, 11) is -4.21. The minimum Gasteiger partial charge on any atom is -0.350 e. The maximum atomic E-state index is 14.0. The van der Waals surface area contributed by atoms with Gasteiger partial charge >= 0.3 is 0 Å². The van der Waals surface area contributed by atoms with Crippen molar-refractivity contribution in [3.05, 3.63) is 92.9 Å². The van der Waals surface area contributed by atoms with Crippen molar-refractivity contribution in [2.75, 3.05) is 10.8 Å². The van der Waals surface area contributed by atoms with Gasteiger partial charge in [0, 0.05) is 32.7 Å². The smallest absolute Gasteiger partial charge is 0.264 e. The number of nitrogens with zero attached hydrogens (tertiary/aromatic N) is 2. The molecule has 40 heavy (non-hydrogen) atoms. The van der Waals surface area contributed by atoms with Crippen LogP contribution in [0.25, 0.3) is 0 Å². The second-order valence-electron chi connectivity index (χ2n) is 10.4. The molecule has 1 atom stereocenters. The Bertz CT molecular complexity index is 1470. The Morgan fingerprint density at radius 1 is 0.900 bits per heavy atom. The first kappa shape index (κ1) is 31.7. The summed E-state index contributed by atoms with van der Waals surface area (Å²) in [5.41, 5.74) is 0.852. The second-order valence-corrected chi connectivity index (χ2v) is 13.5. The molecule has 3 aromatic rings. The average Bonchev–Trinajstić information content (AvgIpc) is 2.86. The zero-order valence-corrected chi connectivity index (χ0v) is 26.0. The number of nitrogens with one attached hydrogen (secondary N) is 1. The third kappa shape index (κ3) is 7.69. The Kier molecular flexibility index (Phi) is 10.2. The van der Waals surface area contributed by atoms with Gasteiger partial charge in [0.2, 0.25) is 11.8 Å². The molecular weight excluding hydrogens is 593 g/mol. The molecule has 3 aromatic carbocycles. The molecule has 1 unspecified atom stereocenters. The first-order valence-electron chi connectivity index (χ1n) is 12.5. The molecule has 0 saturated heterocycles. The van der Waals surface area contributed by atoms with Gasteiger partial charge < -0.3 is 10.2 Å². The number of hydrogen-bond donors (Lipinski definition) is 1. The molecule has 11 heteroatoms. The van der Waals surface area contributed by atoms with E-state index < -0.39 is 40.0 Å². The van der Waals surface area contributed by atoms with E-state index >= 15 is 0 Å². The van der Waals surface area contributed by atoms with Gasteiger partial charge in [0.1, 0.15) is 12.6 Å². The number of amides is 2. The van der Waals surface area contributed by atoms with Crippen LogP contribution in [0, 0.1) is 6.92 Å². The summed E-state index contributed by atoms with van der Waals surface area (Å²) >= 11 is 18.8. The summed E-state index contributed by atoms with van der Waals surface area (Å²) in [6.07, 6.45) is 0. The maximum Gasteiger partial charge on any atom is 0.264 e. The van der Waals surface area contributed by atoms with Gasteiger partial charge in [-0.25, -0.2) is 8.42 Å². The highest BCUT2D eigenvalue weighted by molar-refractivity contribution is 7.92. The van der Waals surface area contributed by atoms with Crippen LogP contribution in [0.1, 0.15) is 38.8 Å². The number of halogens is 3. The number of carbonyl (C=O) groups is 2. The Morgan fingerprint density at radius 2 is 1.48 bits per heavy atom. The summed E-state index contributed by atoms with van der Waals surface area (Å²) < 4.78 is 28.9. The minimum absolute atomic E-state index is 0.0350. The van der Waals surface area contributed by atoms with Crippen LogP contribution in [-0.4, -0.2) is 43.3 Å². The predicted molar refractivity (Wildman–Crippen MR) is 162 cm³/mol. The highest BCUT2D eigenvalue weighted by atomic mass is 35.5. The van der Waals surface area contributed by atoms with Crippen molar-refractivity contribution in [1.29, 1.82) is 0 Å². The van der Waals surface area contributed by atoms with E-state index in [2.05, 4.69) is 5.32 Å². The van der Waals surface area contributed by atoms with E-state index in [0.29, 0.717) is 31.9 Å². The van der Waals surface area contributed by atoms with Crippen molar-refractivity contribution < 1.29 is 18.0 Å². The molecule has 0 aliphatic rings. The molecule has 214 valence electrons. The van der Waals surface area contributed by atoms with Crippen LogP contribution in [0.4, 0.5) is 5.69 Å². The van der Waals surface area contributed by atoms with E-state index in [1.807, 2.05) is 20.8 Å². The van der Waals surface area contributed by atoms with Gasteiger partial charge in [0.05, 0.1) is 10.6 Å². The van der Waals surface area contributed by atoms with Crippen LogP contribution in [-0.2, 0) is 26.2 Å². The van der Waals surface area contributed by atoms with E-state index in [9.17, 15) is 18.0 Å². The Morgan fingerprint density at radius 3 is 2.02 bits per heavy atom. The summed E-state index contributed by atoms with van der Waals surface area (Å²) in [5.74, 6) is -1.03. The number of para-hydroxylation sites is 1. The van der Waals surface area contributed by atoms with E-state index in [-0.39, 0.29) is 11.4 Å². The van der Waals surface area contributed by atoms with Gasteiger partial charge in [-0.05, 0) is 82.6 Å². The molecule has 0 radical (unpaired) electrons. The fourth-order valence-electron chi connectivity index (χ4n) is 4.00. The molecule has 3 rings (SSSR count). The number of sulfonamides is 1. The van der Waals surface area contributed by atoms with Gasteiger partial charge in [-0.15, -0.1) is 0 Å². The summed E-state index contributed by atoms with van der Waals surface area (Å²) in [5, 5.41) is 3.89. The molecule has 0 aliphatic heterocycles. The lowest BCUT2D eigenvalue weighted by Crippen LogP contribution is -2.54. The van der Waals surface area contributed by atoms with Crippen LogP contribution >= 0.6 is 34.8 Å². The lowest BCUT2D eigenvalue weighted by Gasteiger charge is -2.34. The Balaban J connectivity index is 2.09. The van der Waals surface area contributed by atoms with Crippen molar-refractivity contribution in [3.63, 3.8) is 0 Å². The molecule has 0 spiro atoms. The molecule has 0 aliphatic carbocycles. The topological polar surface area (TPSA) is 86.8 Å². The zero-order valence-electron chi connectivity index (χ0n) is 22.9. The van der Waals surface area contributed by atoms with E-state index in [0.717, 1.165) is 4.31 Å². The van der Waals surface area contributed by atoms with E-state index in [1.165, 1.54) is 29.2 Å². The molecule has 0 heterocycles. The van der Waals surface area contributed by atoms with Crippen molar-refractivity contribution in [2.45, 2.75) is 57.6 Å². The monoisotopic (exact) mass is 623 g/mol. The molecular formula is C29H32Cl3N3O4S. The van der Waals surface area contributed by atoms with E-state index in [1.54, 1.807) is 56.3 Å². The largest absolute Gasteiger partial charge is 0.350 e. The van der Waals surface area contributed by atoms with Gasteiger partial charge in [-0.3, -0.25) is 13.9 Å². The maximum absolute atomic E-state index is 14.0. The lowest BCUT2D eigenvalue weighted by atomic mass is 10.1. The van der Waals surface area contributed by atoms with Crippen LogP contribution in [0.5, 0.6) is 0 Å². The van der Waals surface area contributed by atoms with E-state index in [4.69, 9.17) is 34.8 Å². The van der Waals surface area contributed by atoms with Crippen molar-refractivity contribution in [2.24, 2.45) is 0 Å². The number of anilines is 1. The lowest BCUT2D eigenvalue weighted by molar-refractivity contribution is -0.140. The standard InChI is InChI=1S/C29H32Cl3N3O4S/c1-19-9-6-7-12-26(19)35(40(38,39)22-15-13-21(30)14-16-22)18-27(36)34(20(2)28(37)33-29(3,4)5)17-23-24(31)10-8-11-25(23)32/h6-16,20H,17-18H2,1-5H3,(H,33,37). The molecule has 0 bridgehead atoms. The average molecular weight is 625 g/mol. The fraction of sp³-hybridized carbons (Fsp3) is 0.310. The van der Waals surface area contributed by atoms with Crippen LogP contribution in [0.3, 0.4) is 0 Å². The first-order valence-corrected chi connectivity index (χ1v) is 15.1. The molecule has 2 amide bonds.